The molecule has 0 aliphatic heterocycles. The van der Waals surface area contributed by atoms with Crippen molar-refractivity contribution < 1.29 is 4.42 Å². The van der Waals surface area contributed by atoms with Gasteiger partial charge in [-0.25, -0.2) is 0 Å². The molecular weight excluding hydrogens is 226 g/mol. The molecule has 0 unspecified atom stereocenters. The molecule has 102 valence electrons. The number of hydrogen-bond acceptors (Lipinski definition) is 4. The van der Waals surface area contributed by atoms with E-state index in [1.807, 2.05) is 0 Å². The van der Waals surface area contributed by atoms with Crippen molar-refractivity contribution in [3.05, 3.63) is 11.8 Å². The van der Waals surface area contributed by atoms with Gasteiger partial charge in [0.2, 0.25) is 11.8 Å². The van der Waals surface area contributed by atoms with E-state index in [0.29, 0.717) is 12.4 Å². The molecule has 0 saturated heterocycles. The van der Waals surface area contributed by atoms with Gasteiger partial charge in [-0.2, -0.15) is 0 Å². The highest BCUT2D eigenvalue weighted by Crippen LogP contribution is 2.26. The molecule has 18 heavy (non-hydrogen) atoms. The fraction of sp³-hybridized carbons (Fsp3) is 0.857. The van der Waals surface area contributed by atoms with E-state index in [1.54, 1.807) is 0 Å². The molecule has 0 spiro atoms. The lowest BCUT2D eigenvalue weighted by Crippen LogP contribution is -2.35. The van der Waals surface area contributed by atoms with Crippen LogP contribution in [0.5, 0.6) is 0 Å². The Bertz CT molecular complexity index is 361. The largest absolute Gasteiger partial charge is 0.424 e. The van der Waals surface area contributed by atoms with E-state index in [1.165, 1.54) is 32.1 Å². The lowest BCUT2D eigenvalue weighted by Gasteiger charge is -2.19. The van der Waals surface area contributed by atoms with E-state index in [0.717, 1.165) is 18.2 Å². The predicted octanol–water partition coefficient (Wildman–Crippen LogP) is 3.08. The summed E-state index contributed by atoms with van der Waals surface area (Å²) in [7, 11) is 0. The van der Waals surface area contributed by atoms with Crippen LogP contribution in [-0.4, -0.2) is 15.7 Å². The van der Waals surface area contributed by atoms with Crippen LogP contribution in [0.2, 0.25) is 0 Å². The first-order chi connectivity index (χ1) is 8.53. The average molecular weight is 251 g/mol. The van der Waals surface area contributed by atoms with Crippen molar-refractivity contribution in [3.8, 4) is 0 Å². The van der Waals surface area contributed by atoms with Crippen LogP contribution in [0.3, 0.4) is 0 Å². The van der Waals surface area contributed by atoms with Crippen LogP contribution >= 0.6 is 0 Å². The Morgan fingerprint density at radius 2 is 1.78 bits per heavy atom. The molecule has 1 fully saturated rings. The Hall–Kier alpha value is -0.900. The fourth-order valence-electron chi connectivity index (χ4n) is 2.42. The van der Waals surface area contributed by atoms with Gasteiger partial charge >= 0.3 is 0 Å². The van der Waals surface area contributed by atoms with Gasteiger partial charge in [0.25, 0.3) is 0 Å². The Balaban J connectivity index is 1.82. The summed E-state index contributed by atoms with van der Waals surface area (Å²) in [4.78, 5) is 0. The topological polar surface area (TPSA) is 51.0 Å². The molecule has 1 aromatic rings. The molecule has 1 N–H and O–H groups in total. The number of aromatic nitrogens is 2. The van der Waals surface area contributed by atoms with Crippen LogP contribution in [0.4, 0.5) is 0 Å². The lowest BCUT2D eigenvalue weighted by atomic mass is 9.87. The SMILES string of the molecule is CC(C)(C)NCc1nnc(CC2CCCCC2)o1. The highest BCUT2D eigenvalue weighted by molar-refractivity contribution is 4.86. The zero-order valence-corrected chi connectivity index (χ0v) is 11.8. The molecular formula is C14H25N3O. The van der Waals surface area contributed by atoms with Gasteiger partial charge in [-0.1, -0.05) is 19.3 Å². The summed E-state index contributed by atoms with van der Waals surface area (Å²) >= 11 is 0. The predicted molar refractivity (Wildman–Crippen MR) is 71.2 cm³/mol. The first-order valence-electron chi connectivity index (χ1n) is 7.09. The Labute approximate surface area is 110 Å². The second kappa shape index (κ2) is 5.83. The number of nitrogens with one attached hydrogen (secondary N) is 1. The summed E-state index contributed by atoms with van der Waals surface area (Å²) in [6, 6.07) is 0. The molecule has 0 radical (unpaired) electrons. The standard InChI is InChI=1S/C14H25N3O/c1-14(2,3)15-10-13-17-16-12(18-13)9-11-7-5-4-6-8-11/h11,15H,4-10H2,1-3H3. The van der Waals surface area contributed by atoms with Crippen LogP contribution in [-0.2, 0) is 13.0 Å². The molecule has 1 aliphatic rings. The molecule has 0 amide bonds. The summed E-state index contributed by atoms with van der Waals surface area (Å²) in [5, 5.41) is 11.6. The first kappa shape index (κ1) is 13.5. The molecule has 1 saturated carbocycles. The maximum atomic E-state index is 5.70. The molecule has 1 aromatic heterocycles. The third-order valence-corrected chi connectivity index (χ3v) is 3.47. The van der Waals surface area contributed by atoms with E-state index in [-0.39, 0.29) is 5.54 Å². The van der Waals surface area contributed by atoms with Crippen LogP contribution in [0.25, 0.3) is 0 Å². The summed E-state index contributed by atoms with van der Waals surface area (Å²) < 4.78 is 5.70. The first-order valence-corrected chi connectivity index (χ1v) is 7.09. The summed E-state index contributed by atoms with van der Waals surface area (Å²) in [6.07, 6.45) is 7.70. The van der Waals surface area contributed by atoms with Gasteiger partial charge in [-0.3, -0.25) is 0 Å². The highest BCUT2D eigenvalue weighted by atomic mass is 16.4. The van der Waals surface area contributed by atoms with Gasteiger partial charge in [0.05, 0.1) is 6.54 Å². The van der Waals surface area contributed by atoms with Crippen molar-refractivity contribution in [2.45, 2.75) is 71.4 Å². The third kappa shape index (κ3) is 4.41. The van der Waals surface area contributed by atoms with E-state index in [4.69, 9.17) is 4.42 Å². The van der Waals surface area contributed by atoms with Crippen molar-refractivity contribution >= 4 is 0 Å². The molecule has 2 rings (SSSR count). The number of rotatable bonds is 4. The molecule has 0 bridgehead atoms. The Kier molecular flexibility index (Phi) is 4.38. The van der Waals surface area contributed by atoms with E-state index in [2.05, 4.69) is 36.3 Å². The van der Waals surface area contributed by atoms with E-state index in [9.17, 15) is 0 Å². The van der Waals surface area contributed by atoms with Crippen LogP contribution in [0.1, 0.15) is 64.7 Å². The van der Waals surface area contributed by atoms with Gasteiger partial charge < -0.3 is 9.73 Å². The van der Waals surface area contributed by atoms with Gasteiger partial charge in [-0.15, -0.1) is 10.2 Å². The van der Waals surface area contributed by atoms with Crippen molar-refractivity contribution in [2.24, 2.45) is 5.92 Å². The maximum Gasteiger partial charge on any atom is 0.230 e. The quantitative estimate of drug-likeness (QED) is 0.893. The van der Waals surface area contributed by atoms with Gasteiger partial charge in [-0.05, 0) is 39.5 Å². The zero-order chi connectivity index (χ0) is 13.0. The van der Waals surface area contributed by atoms with Crippen LogP contribution < -0.4 is 5.32 Å². The monoisotopic (exact) mass is 251 g/mol. The Morgan fingerprint density at radius 3 is 2.44 bits per heavy atom. The smallest absolute Gasteiger partial charge is 0.230 e. The minimum Gasteiger partial charge on any atom is -0.424 e. The molecule has 0 atom stereocenters. The summed E-state index contributed by atoms with van der Waals surface area (Å²) in [6.45, 7) is 7.05. The van der Waals surface area contributed by atoms with Crippen molar-refractivity contribution in [1.82, 2.24) is 15.5 Å². The van der Waals surface area contributed by atoms with Crippen molar-refractivity contribution in [1.29, 1.82) is 0 Å². The molecule has 4 heteroatoms. The highest BCUT2D eigenvalue weighted by Gasteiger charge is 2.18. The van der Waals surface area contributed by atoms with Crippen LogP contribution in [0.15, 0.2) is 4.42 Å². The van der Waals surface area contributed by atoms with Gasteiger partial charge in [0, 0.05) is 12.0 Å². The number of nitrogens with zero attached hydrogens (tertiary/aromatic N) is 2. The molecule has 0 aromatic carbocycles. The van der Waals surface area contributed by atoms with Gasteiger partial charge in [0.15, 0.2) is 0 Å². The summed E-state index contributed by atoms with van der Waals surface area (Å²) in [5.74, 6) is 2.27. The number of hydrogen-bond donors (Lipinski definition) is 1. The molecule has 1 heterocycles. The van der Waals surface area contributed by atoms with E-state index >= 15 is 0 Å². The van der Waals surface area contributed by atoms with Crippen molar-refractivity contribution in [2.75, 3.05) is 0 Å². The summed E-state index contributed by atoms with van der Waals surface area (Å²) in [5.41, 5.74) is 0.0814. The molecule has 1 aliphatic carbocycles. The lowest BCUT2D eigenvalue weighted by molar-refractivity contribution is 0.317. The van der Waals surface area contributed by atoms with Gasteiger partial charge in [0.1, 0.15) is 0 Å². The Morgan fingerprint density at radius 1 is 1.11 bits per heavy atom. The second-order valence-electron chi connectivity index (χ2n) is 6.40. The molecule has 4 nitrogen and oxygen atoms in total. The zero-order valence-electron chi connectivity index (χ0n) is 11.8. The minimum absolute atomic E-state index is 0.0814. The minimum atomic E-state index is 0.0814. The average Bonchev–Trinajstić information content (AvgIpc) is 2.75. The normalized spacial score (nSPS) is 18.2. The van der Waals surface area contributed by atoms with Crippen molar-refractivity contribution in [3.63, 3.8) is 0 Å². The maximum absolute atomic E-state index is 5.70. The fourth-order valence-corrected chi connectivity index (χ4v) is 2.42. The third-order valence-electron chi connectivity index (χ3n) is 3.47. The van der Waals surface area contributed by atoms with E-state index < -0.39 is 0 Å². The van der Waals surface area contributed by atoms with Crippen LogP contribution in [0, 0.1) is 5.92 Å². The second-order valence-corrected chi connectivity index (χ2v) is 6.40.